The van der Waals surface area contributed by atoms with Crippen molar-refractivity contribution in [2.24, 2.45) is 4.99 Å². The van der Waals surface area contributed by atoms with Crippen LogP contribution in [0, 0.1) is 17.0 Å². The quantitative estimate of drug-likeness (QED) is 0.489. The number of amidine groups is 1. The van der Waals surface area contributed by atoms with E-state index in [4.69, 9.17) is 11.6 Å². The Labute approximate surface area is 152 Å². The highest BCUT2D eigenvalue weighted by Crippen LogP contribution is 2.31. The molecule has 0 atom stereocenters. The van der Waals surface area contributed by atoms with Gasteiger partial charge < -0.3 is 5.32 Å². The summed E-state index contributed by atoms with van der Waals surface area (Å²) in [6, 6.07) is 11.9. The normalized spacial score (nSPS) is 17.1. The van der Waals surface area contributed by atoms with Crippen LogP contribution in [0.15, 0.2) is 52.4 Å². The zero-order chi connectivity index (χ0) is 18.0. The molecule has 0 saturated carbocycles. The van der Waals surface area contributed by atoms with E-state index < -0.39 is 4.92 Å². The van der Waals surface area contributed by atoms with Crippen LogP contribution >= 0.6 is 23.4 Å². The Kier molecular flexibility index (Phi) is 4.87. The minimum atomic E-state index is -0.441. The molecular weight excluding hydrogens is 362 g/mol. The van der Waals surface area contributed by atoms with Crippen LogP contribution in [-0.4, -0.2) is 16.0 Å². The number of amides is 1. The maximum Gasteiger partial charge on any atom is 0.272 e. The molecule has 1 aliphatic rings. The molecule has 2 aromatic rings. The predicted molar refractivity (Wildman–Crippen MR) is 100 cm³/mol. The number of thioether (sulfide) groups is 1. The first kappa shape index (κ1) is 17.2. The van der Waals surface area contributed by atoms with Crippen molar-refractivity contribution < 1.29 is 9.72 Å². The van der Waals surface area contributed by atoms with Gasteiger partial charge in [0.05, 0.1) is 20.5 Å². The summed E-state index contributed by atoms with van der Waals surface area (Å²) in [4.78, 5) is 27.4. The third-order valence-electron chi connectivity index (χ3n) is 3.45. The lowest BCUT2D eigenvalue weighted by molar-refractivity contribution is -0.385. The second-order valence-electron chi connectivity index (χ2n) is 5.24. The van der Waals surface area contributed by atoms with Crippen LogP contribution in [0.5, 0.6) is 0 Å². The number of nitrogens with one attached hydrogen (secondary N) is 1. The summed E-state index contributed by atoms with van der Waals surface area (Å²) in [5.41, 5.74) is 1.72. The molecule has 0 spiro atoms. The third-order valence-corrected chi connectivity index (χ3v) is 4.68. The third kappa shape index (κ3) is 3.89. The number of hydrogen-bond acceptors (Lipinski definition) is 5. The van der Waals surface area contributed by atoms with Crippen LogP contribution in [0.2, 0.25) is 5.02 Å². The van der Waals surface area contributed by atoms with Crippen LogP contribution in [0.4, 0.5) is 11.4 Å². The molecule has 25 heavy (non-hydrogen) atoms. The average Bonchev–Trinajstić information content (AvgIpc) is 2.90. The van der Waals surface area contributed by atoms with E-state index in [1.54, 1.807) is 49.4 Å². The molecule has 1 amide bonds. The summed E-state index contributed by atoms with van der Waals surface area (Å²) in [6.45, 7) is 1.67. The maximum atomic E-state index is 12.1. The molecule has 6 nitrogen and oxygen atoms in total. The Morgan fingerprint density at radius 2 is 2.04 bits per heavy atom. The molecule has 1 aliphatic heterocycles. The van der Waals surface area contributed by atoms with Crippen LogP contribution < -0.4 is 5.32 Å². The smallest absolute Gasteiger partial charge is 0.272 e. The van der Waals surface area contributed by atoms with E-state index in [-0.39, 0.29) is 11.6 Å². The average molecular weight is 374 g/mol. The van der Waals surface area contributed by atoms with Gasteiger partial charge in [0, 0.05) is 11.6 Å². The van der Waals surface area contributed by atoms with Crippen molar-refractivity contribution in [3.8, 4) is 0 Å². The summed E-state index contributed by atoms with van der Waals surface area (Å²) in [7, 11) is 0. The number of carbonyl (C=O) groups excluding carboxylic acids is 1. The fourth-order valence-corrected chi connectivity index (χ4v) is 3.21. The number of nitro benzene ring substituents is 1. The Hall–Kier alpha value is -2.64. The van der Waals surface area contributed by atoms with E-state index in [1.165, 1.54) is 6.07 Å². The van der Waals surface area contributed by atoms with Crippen molar-refractivity contribution in [3.63, 3.8) is 0 Å². The summed E-state index contributed by atoms with van der Waals surface area (Å²) < 4.78 is 0. The van der Waals surface area contributed by atoms with Crippen LogP contribution in [0.25, 0.3) is 6.08 Å². The van der Waals surface area contributed by atoms with Crippen molar-refractivity contribution in [1.29, 1.82) is 0 Å². The molecule has 2 aromatic carbocycles. The van der Waals surface area contributed by atoms with E-state index in [1.807, 2.05) is 0 Å². The first-order chi connectivity index (χ1) is 11.9. The monoisotopic (exact) mass is 373 g/mol. The molecule has 1 fully saturated rings. The minimum Gasteiger partial charge on any atom is -0.300 e. The number of aliphatic imine (C=N–C) groups is 1. The van der Waals surface area contributed by atoms with Gasteiger partial charge in [0.1, 0.15) is 0 Å². The van der Waals surface area contributed by atoms with Gasteiger partial charge >= 0.3 is 0 Å². The first-order valence-corrected chi connectivity index (χ1v) is 8.42. The topological polar surface area (TPSA) is 84.6 Å². The first-order valence-electron chi connectivity index (χ1n) is 7.23. The van der Waals surface area contributed by atoms with E-state index in [0.717, 1.165) is 11.8 Å². The molecule has 0 radical (unpaired) electrons. The Morgan fingerprint density at radius 1 is 1.28 bits per heavy atom. The lowest BCUT2D eigenvalue weighted by Gasteiger charge is -1.99. The Morgan fingerprint density at radius 3 is 2.76 bits per heavy atom. The standard InChI is InChI=1S/C17H12ClN3O3S/c1-10-6-7-11(8-14(10)21(23)24)9-15-16(22)20-17(25-15)19-13-5-3-2-4-12(13)18/h2-9H,1H3,(H,19,20,22)/b15-9+. The van der Waals surface area contributed by atoms with Gasteiger partial charge in [0.15, 0.2) is 5.17 Å². The second-order valence-corrected chi connectivity index (χ2v) is 6.67. The Balaban J connectivity index is 1.88. The van der Waals surface area contributed by atoms with Crippen LogP contribution in [0.1, 0.15) is 11.1 Å². The molecule has 0 aliphatic carbocycles. The van der Waals surface area contributed by atoms with Crippen molar-refractivity contribution in [3.05, 3.63) is 73.6 Å². The van der Waals surface area contributed by atoms with Crippen LogP contribution in [-0.2, 0) is 4.79 Å². The van der Waals surface area contributed by atoms with Gasteiger partial charge in [-0.05, 0) is 42.5 Å². The van der Waals surface area contributed by atoms with Gasteiger partial charge in [0.2, 0.25) is 0 Å². The van der Waals surface area contributed by atoms with Crippen molar-refractivity contribution in [2.45, 2.75) is 6.92 Å². The molecule has 0 bridgehead atoms. The Bertz CT molecular complexity index is 940. The molecule has 1 saturated heterocycles. The molecule has 1 heterocycles. The summed E-state index contributed by atoms with van der Waals surface area (Å²) >= 11 is 7.22. The fourth-order valence-electron chi connectivity index (χ4n) is 2.20. The number of halogens is 1. The zero-order valence-electron chi connectivity index (χ0n) is 13.0. The number of benzene rings is 2. The number of carbonyl (C=O) groups is 1. The second kappa shape index (κ2) is 7.08. The maximum absolute atomic E-state index is 12.1. The van der Waals surface area contributed by atoms with Crippen molar-refractivity contribution in [1.82, 2.24) is 5.32 Å². The van der Waals surface area contributed by atoms with Gasteiger partial charge in [-0.1, -0.05) is 35.9 Å². The lowest BCUT2D eigenvalue weighted by atomic mass is 10.1. The number of nitrogens with zero attached hydrogens (tertiary/aromatic N) is 2. The van der Waals surface area contributed by atoms with E-state index in [0.29, 0.717) is 31.9 Å². The highest BCUT2D eigenvalue weighted by atomic mass is 35.5. The molecule has 126 valence electrons. The molecule has 8 heteroatoms. The van der Waals surface area contributed by atoms with E-state index in [2.05, 4.69) is 10.3 Å². The molecule has 1 N–H and O–H groups in total. The number of hydrogen-bond donors (Lipinski definition) is 1. The van der Waals surface area contributed by atoms with Crippen LogP contribution in [0.3, 0.4) is 0 Å². The van der Waals surface area contributed by atoms with Gasteiger partial charge in [-0.2, -0.15) is 0 Å². The number of rotatable bonds is 3. The number of nitro groups is 1. The van der Waals surface area contributed by atoms with Gasteiger partial charge in [-0.15, -0.1) is 0 Å². The highest BCUT2D eigenvalue weighted by molar-refractivity contribution is 8.18. The van der Waals surface area contributed by atoms with Crippen molar-refractivity contribution >= 4 is 51.9 Å². The molecule has 0 unspecified atom stereocenters. The molecule has 3 rings (SSSR count). The largest absolute Gasteiger partial charge is 0.300 e. The lowest BCUT2D eigenvalue weighted by Crippen LogP contribution is -2.19. The zero-order valence-corrected chi connectivity index (χ0v) is 14.6. The van der Waals surface area contributed by atoms with Gasteiger partial charge in [-0.25, -0.2) is 4.99 Å². The summed E-state index contributed by atoms with van der Waals surface area (Å²) in [5.74, 6) is -0.306. The predicted octanol–water partition coefficient (Wildman–Crippen LogP) is 4.45. The summed E-state index contributed by atoms with van der Waals surface area (Å²) in [6.07, 6.45) is 1.60. The van der Waals surface area contributed by atoms with E-state index >= 15 is 0 Å². The number of aryl methyl sites for hydroxylation is 1. The SMILES string of the molecule is Cc1ccc(/C=C2/SC(=Nc3ccccc3Cl)NC2=O)cc1[N+](=O)[O-]. The van der Waals surface area contributed by atoms with Gasteiger partial charge in [-0.3, -0.25) is 14.9 Å². The molecule has 0 aromatic heterocycles. The van der Waals surface area contributed by atoms with E-state index in [9.17, 15) is 14.9 Å². The minimum absolute atomic E-state index is 0.0164. The fraction of sp³-hybridized carbons (Fsp3) is 0.0588. The summed E-state index contributed by atoms with van der Waals surface area (Å²) in [5, 5.41) is 14.6. The number of para-hydroxylation sites is 1. The molecular formula is C17H12ClN3O3S. The van der Waals surface area contributed by atoms with Gasteiger partial charge in [0.25, 0.3) is 11.6 Å². The van der Waals surface area contributed by atoms with Crippen molar-refractivity contribution in [2.75, 3.05) is 0 Å². The highest BCUT2D eigenvalue weighted by Gasteiger charge is 2.24.